The molecule has 0 spiro atoms. The van der Waals surface area contributed by atoms with Crippen molar-refractivity contribution in [1.82, 2.24) is 5.32 Å². The van der Waals surface area contributed by atoms with Gasteiger partial charge in [-0.05, 0) is 25.8 Å². The van der Waals surface area contributed by atoms with Gasteiger partial charge in [0.1, 0.15) is 5.76 Å². The first-order chi connectivity index (χ1) is 8.65. The van der Waals surface area contributed by atoms with Gasteiger partial charge in [0.15, 0.2) is 0 Å². The fourth-order valence-electron chi connectivity index (χ4n) is 1.59. The summed E-state index contributed by atoms with van der Waals surface area (Å²) in [5.74, 6) is 0.320. The smallest absolute Gasteiger partial charge is 0.305 e. The van der Waals surface area contributed by atoms with Gasteiger partial charge in [-0.3, -0.25) is 9.59 Å². The number of amides is 1. The Balaban J connectivity index is 2.10. The van der Waals surface area contributed by atoms with Gasteiger partial charge in [-0.1, -0.05) is 6.42 Å². The number of esters is 1. The van der Waals surface area contributed by atoms with Crippen LogP contribution < -0.4 is 5.32 Å². The third-order valence-corrected chi connectivity index (χ3v) is 2.67. The van der Waals surface area contributed by atoms with Crippen LogP contribution in [0.3, 0.4) is 0 Å². The van der Waals surface area contributed by atoms with Gasteiger partial charge in [0, 0.05) is 13.0 Å². The van der Waals surface area contributed by atoms with Gasteiger partial charge >= 0.3 is 5.97 Å². The molecule has 18 heavy (non-hydrogen) atoms. The standard InChI is InChI=1S/C13H19NO4/c1-10-11(7-9-18-10)13(16)14-8-5-3-4-6-12(15)17-2/h7,9H,3-6,8H2,1-2H3,(H,14,16). The van der Waals surface area contributed by atoms with Crippen LogP contribution in [0.2, 0.25) is 0 Å². The van der Waals surface area contributed by atoms with E-state index in [0.29, 0.717) is 24.3 Å². The quantitative estimate of drug-likeness (QED) is 0.596. The summed E-state index contributed by atoms with van der Waals surface area (Å²) in [5.41, 5.74) is 0.574. The summed E-state index contributed by atoms with van der Waals surface area (Å²) in [6, 6.07) is 1.65. The Morgan fingerprint density at radius 3 is 2.72 bits per heavy atom. The average molecular weight is 253 g/mol. The lowest BCUT2D eigenvalue weighted by atomic mass is 10.2. The lowest BCUT2D eigenvalue weighted by Crippen LogP contribution is -2.24. The number of hydrogen-bond donors (Lipinski definition) is 1. The maximum absolute atomic E-state index is 11.7. The van der Waals surface area contributed by atoms with E-state index < -0.39 is 0 Å². The molecule has 5 nitrogen and oxygen atoms in total. The molecule has 100 valence electrons. The second-order valence-electron chi connectivity index (χ2n) is 4.03. The molecular weight excluding hydrogens is 234 g/mol. The highest BCUT2D eigenvalue weighted by Crippen LogP contribution is 2.08. The first-order valence-corrected chi connectivity index (χ1v) is 6.04. The Hall–Kier alpha value is -1.78. The summed E-state index contributed by atoms with van der Waals surface area (Å²) >= 11 is 0. The highest BCUT2D eigenvalue weighted by Gasteiger charge is 2.10. The minimum absolute atomic E-state index is 0.116. The Morgan fingerprint density at radius 1 is 1.33 bits per heavy atom. The summed E-state index contributed by atoms with van der Waals surface area (Å²) in [4.78, 5) is 22.5. The van der Waals surface area contributed by atoms with Crippen LogP contribution >= 0.6 is 0 Å². The van der Waals surface area contributed by atoms with Gasteiger partial charge < -0.3 is 14.5 Å². The van der Waals surface area contributed by atoms with E-state index in [1.54, 1.807) is 13.0 Å². The third-order valence-electron chi connectivity index (χ3n) is 2.67. The van der Waals surface area contributed by atoms with Crippen molar-refractivity contribution in [2.75, 3.05) is 13.7 Å². The summed E-state index contributed by atoms with van der Waals surface area (Å²) in [5, 5.41) is 2.81. The molecule has 0 aliphatic rings. The lowest BCUT2D eigenvalue weighted by molar-refractivity contribution is -0.140. The van der Waals surface area contributed by atoms with Crippen LogP contribution in [0.5, 0.6) is 0 Å². The molecule has 0 aliphatic heterocycles. The fraction of sp³-hybridized carbons (Fsp3) is 0.538. The predicted molar refractivity (Wildman–Crippen MR) is 66.3 cm³/mol. The molecule has 0 saturated carbocycles. The minimum atomic E-state index is -0.187. The number of carbonyl (C=O) groups excluding carboxylic acids is 2. The van der Waals surface area contributed by atoms with E-state index in [4.69, 9.17) is 4.42 Å². The summed E-state index contributed by atoms with van der Waals surface area (Å²) in [6.45, 7) is 2.36. The molecule has 0 bridgehead atoms. The fourth-order valence-corrected chi connectivity index (χ4v) is 1.59. The first-order valence-electron chi connectivity index (χ1n) is 6.04. The van der Waals surface area contributed by atoms with Crippen molar-refractivity contribution in [2.45, 2.75) is 32.6 Å². The number of hydrogen-bond acceptors (Lipinski definition) is 4. The van der Waals surface area contributed by atoms with Gasteiger partial charge in [0.25, 0.3) is 5.91 Å². The summed E-state index contributed by atoms with van der Waals surface area (Å²) in [6.07, 6.45) is 4.46. The van der Waals surface area contributed by atoms with E-state index in [1.165, 1.54) is 13.4 Å². The van der Waals surface area contributed by atoms with E-state index in [1.807, 2.05) is 0 Å². The van der Waals surface area contributed by atoms with Crippen molar-refractivity contribution in [2.24, 2.45) is 0 Å². The van der Waals surface area contributed by atoms with Gasteiger partial charge in [-0.25, -0.2) is 0 Å². The van der Waals surface area contributed by atoms with Crippen LogP contribution in [-0.4, -0.2) is 25.5 Å². The maximum Gasteiger partial charge on any atom is 0.305 e. The van der Waals surface area contributed by atoms with Crippen LogP contribution in [0.1, 0.15) is 41.8 Å². The molecule has 1 aromatic rings. The lowest BCUT2D eigenvalue weighted by Gasteiger charge is -2.04. The van der Waals surface area contributed by atoms with Crippen molar-refractivity contribution in [1.29, 1.82) is 0 Å². The van der Waals surface area contributed by atoms with E-state index in [2.05, 4.69) is 10.1 Å². The summed E-state index contributed by atoms with van der Waals surface area (Å²) in [7, 11) is 1.38. The number of ether oxygens (including phenoxy) is 1. The second-order valence-corrected chi connectivity index (χ2v) is 4.03. The monoisotopic (exact) mass is 253 g/mol. The zero-order valence-corrected chi connectivity index (χ0v) is 10.8. The zero-order chi connectivity index (χ0) is 13.4. The number of nitrogens with one attached hydrogen (secondary N) is 1. The van der Waals surface area contributed by atoms with Crippen molar-refractivity contribution in [3.8, 4) is 0 Å². The zero-order valence-electron chi connectivity index (χ0n) is 10.8. The van der Waals surface area contributed by atoms with Crippen LogP contribution in [-0.2, 0) is 9.53 Å². The Bertz CT molecular complexity index is 397. The second kappa shape index (κ2) is 7.53. The highest BCUT2D eigenvalue weighted by molar-refractivity contribution is 5.94. The molecule has 0 aliphatic carbocycles. The molecule has 0 fully saturated rings. The molecule has 0 radical (unpaired) electrons. The number of furan rings is 1. The predicted octanol–water partition coefficient (Wildman–Crippen LogP) is 2.05. The highest BCUT2D eigenvalue weighted by atomic mass is 16.5. The Morgan fingerprint density at radius 2 is 2.11 bits per heavy atom. The SMILES string of the molecule is COC(=O)CCCCCNC(=O)c1ccoc1C. The van der Waals surface area contributed by atoms with Gasteiger partial charge in [0.05, 0.1) is 18.9 Å². The largest absolute Gasteiger partial charge is 0.469 e. The van der Waals surface area contributed by atoms with Gasteiger partial charge in [-0.15, -0.1) is 0 Å². The number of aryl methyl sites for hydroxylation is 1. The average Bonchev–Trinajstić information content (AvgIpc) is 2.79. The molecular formula is C13H19NO4. The Labute approximate surface area is 106 Å². The molecule has 1 heterocycles. The van der Waals surface area contributed by atoms with Crippen molar-refractivity contribution in [3.05, 3.63) is 23.7 Å². The molecule has 5 heteroatoms. The van der Waals surface area contributed by atoms with E-state index in [0.717, 1.165) is 19.3 Å². The normalized spacial score (nSPS) is 10.1. The molecule has 1 aromatic heterocycles. The number of carbonyl (C=O) groups is 2. The van der Waals surface area contributed by atoms with Crippen LogP contribution in [0.25, 0.3) is 0 Å². The molecule has 0 aromatic carbocycles. The molecule has 1 rings (SSSR count). The van der Waals surface area contributed by atoms with E-state index in [9.17, 15) is 9.59 Å². The van der Waals surface area contributed by atoms with Crippen molar-refractivity contribution >= 4 is 11.9 Å². The molecule has 0 unspecified atom stereocenters. The van der Waals surface area contributed by atoms with Crippen molar-refractivity contribution < 1.29 is 18.7 Å². The topological polar surface area (TPSA) is 68.5 Å². The first kappa shape index (κ1) is 14.3. The molecule has 1 amide bonds. The molecule has 1 N–H and O–H groups in total. The Kier molecular flexibility index (Phi) is 5.97. The molecule has 0 atom stereocenters. The maximum atomic E-state index is 11.7. The van der Waals surface area contributed by atoms with Crippen molar-refractivity contribution in [3.63, 3.8) is 0 Å². The van der Waals surface area contributed by atoms with Crippen LogP contribution in [0, 0.1) is 6.92 Å². The summed E-state index contributed by atoms with van der Waals surface area (Å²) < 4.78 is 9.60. The number of rotatable bonds is 7. The van der Waals surface area contributed by atoms with Gasteiger partial charge in [0.2, 0.25) is 0 Å². The molecule has 0 saturated heterocycles. The van der Waals surface area contributed by atoms with Crippen LogP contribution in [0.15, 0.2) is 16.7 Å². The van der Waals surface area contributed by atoms with Crippen LogP contribution in [0.4, 0.5) is 0 Å². The van der Waals surface area contributed by atoms with E-state index in [-0.39, 0.29) is 11.9 Å². The third kappa shape index (κ3) is 4.61. The van der Waals surface area contributed by atoms with E-state index >= 15 is 0 Å². The minimum Gasteiger partial charge on any atom is -0.469 e. The number of methoxy groups -OCH3 is 1. The number of unbranched alkanes of at least 4 members (excludes halogenated alkanes) is 2. The van der Waals surface area contributed by atoms with Gasteiger partial charge in [-0.2, -0.15) is 0 Å².